The molecule has 1 aromatic heterocycles. The second kappa shape index (κ2) is 6.28. The summed E-state index contributed by atoms with van der Waals surface area (Å²) in [5.74, 6) is 0.804. The van der Waals surface area contributed by atoms with Gasteiger partial charge in [-0.15, -0.1) is 5.10 Å². The van der Waals surface area contributed by atoms with E-state index >= 15 is 0 Å². The summed E-state index contributed by atoms with van der Waals surface area (Å²) in [7, 11) is 1.88. The Morgan fingerprint density at radius 1 is 1.00 bits per heavy atom. The van der Waals surface area contributed by atoms with Gasteiger partial charge < -0.3 is 5.32 Å². The predicted molar refractivity (Wildman–Crippen MR) is 81.2 cm³/mol. The molecule has 3 rings (SSSR count). The molecule has 0 saturated carbocycles. The molecule has 0 spiro atoms. The molecule has 0 aliphatic rings. The van der Waals surface area contributed by atoms with Gasteiger partial charge in [0.1, 0.15) is 0 Å². The second-order valence-electron chi connectivity index (χ2n) is 4.83. The number of hydrogen-bond donors (Lipinski definition) is 1. The average molecular weight is 279 g/mol. The number of hydrogen-bond acceptors (Lipinski definition) is 4. The van der Waals surface area contributed by atoms with Crippen molar-refractivity contribution in [1.82, 2.24) is 25.5 Å². The molecular formula is C16H17N5. The van der Waals surface area contributed by atoms with Gasteiger partial charge in [-0.1, -0.05) is 48.5 Å². The van der Waals surface area contributed by atoms with Crippen LogP contribution < -0.4 is 5.32 Å². The third kappa shape index (κ3) is 2.98. The summed E-state index contributed by atoms with van der Waals surface area (Å²) in [5.41, 5.74) is 3.50. The number of benzene rings is 2. The summed E-state index contributed by atoms with van der Waals surface area (Å²) in [6, 6.07) is 18.6. The summed E-state index contributed by atoms with van der Waals surface area (Å²) in [4.78, 5) is 0. The number of nitrogens with one attached hydrogen (secondary N) is 1. The molecule has 0 radical (unpaired) electrons. The minimum absolute atomic E-state index is 0.632. The van der Waals surface area contributed by atoms with Crippen molar-refractivity contribution in [3.05, 3.63) is 71.5 Å². The Balaban J connectivity index is 1.98. The minimum Gasteiger partial charge on any atom is -0.313 e. The van der Waals surface area contributed by atoms with E-state index < -0.39 is 0 Å². The molecule has 106 valence electrons. The highest BCUT2D eigenvalue weighted by Crippen LogP contribution is 2.18. The summed E-state index contributed by atoms with van der Waals surface area (Å²) < 4.78 is 1.80. The Labute approximate surface area is 123 Å². The molecule has 0 saturated heterocycles. The summed E-state index contributed by atoms with van der Waals surface area (Å²) in [6.45, 7) is 0.632. The lowest BCUT2D eigenvalue weighted by Gasteiger charge is -2.10. The third-order valence-electron chi connectivity index (χ3n) is 3.33. The highest BCUT2D eigenvalue weighted by molar-refractivity contribution is 5.43. The quantitative estimate of drug-likeness (QED) is 0.776. The van der Waals surface area contributed by atoms with E-state index in [1.165, 1.54) is 11.1 Å². The first-order chi connectivity index (χ1) is 10.4. The zero-order chi connectivity index (χ0) is 14.5. The van der Waals surface area contributed by atoms with Gasteiger partial charge in [-0.05, 0) is 41.1 Å². The van der Waals surface area contributed by atoms with Crippen LogP contribution in [-0.2, 0) is 13.0 Å². The summed E-state index contributed by atoms with van der Waals surface area (Å²) in [5, 5.41) is 15.1. The van der Waals surface area contributed by atoms with E-state index in [2.05, 4.69) is 51.2 Å². The van der Waals surface area contributed by atoms with Crippen LogP contribution in [0.5, 0.6) is 0 Å². The highest BCUT2D eigenvalue weighted by Gasteiger charge is 2.11. The van der Waals surface area contributed by atoms with Crippen LogP contribution in [0.2, 0.25) is 0 Å². The van der Waals surface area contributed by atoms with Gasteiger partial charge in [-0.25, -0.2) is 0 Å². The number of rotatable bonds is 5. The fourth-order valence-corrected chi connectivity index (χ4v) is 2.34. The van der Waals surface area contributed by atoms with E-state index in [0.29, 0.717) is 6.54 Å². The van der Waals surface area contributed by atoms with Crippen LogP contribution in [0.25, 0.3) is 5.69 Å². The minimum atomic E-state index is 0.632. The number of aromatic nitrogens is 4. The van der Waals surface area contributed by atoms with E-state index in [1.807, 2.05) is 31.3 Å². The van der Waals surface area contributed by atoms with Crippen LogP contribution in [-0.4, -0.2) is 27.3 Å². The number of para-hydroxylation sites is 1. The first-order valence-corrected chi connectivity index (χ1v) is 6.92. The first-order valence-electron chi connectivity index (χ1n) is 6.92. The van der Waals surface area contributed by atoms with Crippen molar-refractivity contribution in [3.63, 3.8) is 0 Å². The Hall–Kier alpha value is -2.53. The molecule has 5 heteroatoms. The molecule has 0 aliphatic carbocycles. The normalized spacial score (nSPS) is 10.7. The van der Waals surface area contributed by atoms with Crippen molar-refractivity contribution in [2.24, 2.45) is 0 Å². The SMILES string of the molecule is CNCc1nnnn1-c1ccccc1Cc1ccccc1. The van der Waals surface area contributed by atoms with E-state index in [9.17, 15) is 0 Å². The smallest absolute Gasteiger partial charge is 0.170 e. The molecule has 5 nitrogen and oxygen atoms in total. The van der Waals surface area contributed by atoms with Gasteiger partial charge in [0.25, 0.3) is 0 Å². The maximum Gasteiger partial charge on any atom is 0.170 e. The van der Waals surface area contributed by atoms with Gasteiger partial charge in [0.15, 0.2) is 5.82 Å². The van der Waals surface area contributed by atoms with Crippen molar-refractivity contribution in [2.45, 2.75) is 13.0 Å². The molecule has 0 atom stereocenters. The fourth-order valence-electron chi connectivity index (χ4n) is 2.34. The molecule has 21 heavy (non-hydrogen) atoms. The predicted octanol–water partition coefficient (Wildman–Crippen LogP) is 1.97. The molecular weight excluding hydrogens is 262 g/mol. The van der Waals surface area contributed by atoms with Gasteiger partial charge in [0, 0.05) is 0 Å². The van der Waals surface area contributed by atoms with Gasteiger partial charge in [-0.3, -0.25) is 0 Å². The molecule has 0 unspecified atom stereocenters. The van der Waals surface area contributed by atoms with Crippen LogP contribution in [0.4, 0.5) is 0 Å². The second-order valence-corrected chi connectivity index (χ2v) is 4.83. The largest absolute Gasteiger partial charge is 0.313 e. The van der Waals surface area contributed by atoms with E-state index in [-0.39, 0.29) is 0 Å². The lowest BCUT2D eigenvalue weighted by atomic mass is 10.0. The molecule has 1 heterocycles. The van der Waals surface area contributed by atoms with Crippen LogP contribution in [0.1, 0.15) is 17.0 Å². The molecule has 0 aliphatic heterocycles. The standard InChI is InChI=1S/C16H17N5/c1-17-12-16-18-19-20-21(16)15-10-6-5-9-14(15)11-13-7-3-2-4-8-13/h2-10,17H,11-12H2,1H3. The molecule has 1 N–H and O–H groups in total. The van der Waals surface area contributed by atoms with Crippen molar-refractivity contribution in [3.8, 4) is 5.69 Å². The monoisotopic (exact) mass is 279 g/mol. The Morgan fingerprint density at radius 3 is 2.57 bits per heavy atom. The summed E-state index contributed by atoms with van der Waals surface area (Å²) >= 11 is 0. The number of tetrazole rings is 1. The lowest BCUT2D eigenvalue weighted by molar-refractivity contribution is 0.705. The van der Waals surface area contributed by atoms with Crippen molar-refractivity contribution >= 4 is 0 Å². The van der Waals surface area contributed by atoms with Gasteiger partial charge in [0.05, 0.1) is 12.2 Å². The third-order valence-corrected chi connectivity index (χ3v) is 3.33. The molecule has 3 aromatic rings. The molecule has 0 fully saturated rings. The van der Waals surface area contributed by atoms with E-state index in [4.69, 9.17) is 0 Å². The fraction of sp³-hybridized carbons (Fsp3) is 0.188. The van der Waals surface area contributed by atoms with Gasteiger partial charge >= 0.3 is 0 Å². The van der Waals surface area contributed by atoms with E-state index in [1.54, 1.807) is 4.68 Å². The number of nitrogens with zero attached hydrogens (tertiary/aromatic N) is 4. The maximum atomic E-state index is 4.12. The summed E-state index contributed by atoms with van der Waals surface area (Å²) in [6.07, 6.45) is 0.857. The first kappa shape index (κ1) is 13.5. The van der Waals surface area contributed by atoms with Crippen LogP contribution in [0.3, 0.4) is 0 Å². The average Bonchev–Trinajstić information content (AvgIpc) is 2.97. The highest BCUT2D eigenvalue weighted by atomic mass is 15.5. The Kier molecular flexibility index (Phi) is 4.02. The maximum absolute atomic E-state index is 4.12. The molecule has 2 aromatic carbocycles. The van der Waals surface area contributed by atoms with Crippen LogP contribution >= 0.6 is 0 Å². The lowest BCUT2D eigenvalue weighted by Crippen LogP contribution is -2.13. The topological polar surface area (TPSA) is 55.6 Å². The molecule has 0 bridgehead atoms. The van der Waals surface area contributed by atoms with E-state index in [0.717, 1.165) is 17.9 Å². The van der Waals surface area contributed by atoms with Crippen molar-refractivity contribution in [1.29, 1.82) is 0 Å². The Morgan fingerprint density at radius 2 is 1.76 bits per heavy atom. The van der Waals surface area contributed by atoms with Crippen molar-refractivity contribution < 1.29 is 0 Å². The van der Waals surface area contributed by atoms with Gasteiger partial charge in [0.2, 0.25) is 0 Å². The van der Waals surface area contributed by atoms with Crippen LogP contribution in [0, 0.1) is 0 Å². The zero-order valence-corrected chi connectivity index (χ0v) is 11.9. The van der Waals surface area contributed by atoms with Crippen LogP contribution in [0.15, 0.2) is 54.6 Å². The zero-order valence-electron chi connectivity index (χ0n) is 11.9. The molecule has 0 amide bonds. The Bertz CT molecular complexity index is 705. The van der Waals surface area contributed by atoms with Crippen molar-refractivity contribution in [2.75, 3.05) is 7.05 Å². The van der Waals surface area contributed by atoms with Gasteiger partial charge in [-0.2, -0.15) is 4.68 Å².